The molecule has 1 atom stereocenters. The lowest BCUT2D eigenvalue weighted by Gasteiger charge is -2.23. The van der Waals surface area contributed by atoms with Crippen LogP contribution in [0.15, 0.2) is 58.9 Å². The van der Waals surface area contributed by atoms with Gasteiger partial charge in [0.2, 0.25) is 0 Å². The summed E-state index contributed by atoms with van der Waals surface area (Å²) < 4.78 is 32.8. The van der Waals surface area contributed by atoms with Crippen LogP contribution in [0.4, 0.5) is 22.1 Å². The van der Waals surface area contributed by atoms with Crippen molar-refractivity contribution in [3.8, 4) is 5.75 Å². The number of nitrogens with two attached hydrogens (primary N) is 2. The number of aliphatic hydroxyl groups excluding tert-OH is 1. The average Bonchev–Trinajstić information content (AvgIpc) is 3.32. The second-order valence-corrected chi connectivity index (χ2v) is 11.7. The van der Waals surface area contributed by atoms with E-state index in [4.69, 9.17) is 39.0 Å². The van der Waals surface area contributed by atoms with E-state index in [2.05, 4.69) is 11.7 Å². The quantitative estimate of drug-likeness (QED) is 0.0773. The second-order valence-electron chi connectivity index (χ2n) is 8.27. The number of aliphatic hydroxyl groups is 1. The first-order valence-corrected chi connectivity index (χ1v) is 15.1. The molecule has 3 rings (SSSR count). The van der Waals surface area contributed by atoms with Gasteiger partial charge in [-0.05, 0) is 66.5 Å². The molecule has 0 spiro atoms. The van der Waals surface area contributed by atoms with E-state index < -0.39 is 15.4 Å². The fourth-order valence-corrected chi connectivity index (χ4v) is 6.54. The first-order valence-electron chi connectivity index (χ1n) is 11.7. The zero-order valence-corrected chi connectivity index (χ0v) is 23.8. The molecule has 0 saturated heterocycles. The monoisotopic (exact) mass is 599 g/mol. The molecule has 0 radical (unpaired) electrons. The third-order valence-electron chi connectivity index (χ3n) is 5.83. The summed E-state index contributed by atoms with van der Waals surface area (Å²) >= 11 is 13.0. The number of rotatable bonds is 15. The van der Waals surface area contributed by atoms with E-state index in [0.29, 0.717) is 52.4 Å². The predicted molar refractivity (Wildman–Crippen MR) is 159 cm³/mol. The molecule has 2 aromatic carbocycles. The van der Waals surface area contributed by atoms with Crippen molar-refractivity contribution in [1.82, 2.24) is 0 Å². The number of hydrogen-bond acceptors (Lipinski definition) is 10. The van der Waals surface area contributed by atoms with E-state index in [1.54, 1.807) is 53.9 Å². The largest absolute Gasteiger partial charge is 0.394 e. The minimum atomic E-state index is -4.18. The molecule has 0 fully saturated rings. The maximum Gasteiger partial charge on any atom is 0.316 e. The zero-order chi connectivity index (χ0) is 27.7. The fraction of sp³-hybridized carbons (Fsp3) is 0.320. The van der Waals surface area contributed by atoms with Gasteiger partial charge in [-0.1, -0.05) is 6.07 Å². The Morgan fingerprint density at radius 3 is 2.32 bits per heavy atom. The summed E-state index contributed by atoms with van der Waals surface area (Å²) in [7, 11) is -4.18. The van der Waals surface area contributed by atoms with E-state index in [9.17, 15) is 13.5 Å². The third-order valence-corrected chi connectivity index (χ3v) is 8.47. The molecule has 0 aliphatic rings. The van der Waals surface area contributed by atoms with Crippen molar-refractivity contribution >= 4 is 73.4 Å². The van der Waals surface area contributed by atoms with E-state index in [1.165, 1.54) is 16.3 Å². The van der Waals surface area contributed by atoms with Crippen molar-refractivity contribution in [3.63, 3.8) is 0 Å². The van der Waals surface area contributed by atoms with Gasteiger partial charge in [-0.2, -0.15) is 8.42 Å². The van der Waals surface area contributed by atoms with Gasteiger partial charge < -0.3 is 24.9 Å². The lowest BCUT2D eigenvalue weighted by molar-refractivity contribution is 0.302. The fourth-order valence-electron chi connectivity index (χ4n) is 3.95. The number of benzene rings is 2. The van der Waals surface area contributed by atoms with Crippen molar-refractivity contribution in [1.29, 1.82) is 0 Å². The number of anilines is 3. The molecular weight excluding hydrogens is 569 g/mol. The summed E-state index contributed by atoms with van der Waals surface area (Å²) in [5.74, 6) is 7.10. The minimum absolute atomic E-state index is 0.0674. The summed E-state index contributed by atoms with van der Waals surface area (Å²) in [6.07, 6.45) is 0.0674. The van der Waals surface area contributed by atoms with Gasteiger partial charge in [-0.15, -0.1) is 34.5 Å². The normalized spacial score (nSPS) is 12.2. The Morgan fingerprint density at radius 2 is 1.76 bits per heavy atom. The number of hydrogen-bond donors (Lipinski definition) is 3. The molecule has 13 heteroatoms. The van der Waals surface area contributed by atoms with Crippen LogP contribution in [-0.2, 0) is 16.5 Å². The first kappa shape index (κ1) is 30.0. The SMILES string of the molecule is C=Nc1ccc(CC(c2ccsc2N)S(=O)(=O)Oc2ccc(N(CCCl)CCCl)cc2)cc1N(N)CCO. The van der Waals surface area contributed by atoms with Crippen molar-refractivity contribution in [2.45, 2.75) is 11.7 Å². The molecule has 0 saturated carbocycles. The van der Waals surface area contributed by atoms with Crippen LogP contribution < -0.4 is 25.7 Å². The van der Waals surface area contributed by atoms with Crippen molar-refractivity contribution in [2.75, 3.05) is 53.6 Å². The Labute approximate surface area is 237 Å². The Bertz CT molecular complexity index is 1300. The number of aliphatic imine (C=N–C) groups is 1. The average molecular weight is 601 g/mol. The summed E-state index contributed by atoms with van der Waals surface area (Å²) in [4.78, 5) is 5.98. The lowest BCUT2D eigenvalue weighted by Crippen LogP contribution is -2.33. The standard InChI is InChI=1S/C25H31Cl2N5O4S2/c1-30-22-7-2-18(16-23(22)32(29)13-14-33)17-24(21-8-15-37-25(21)28)38(34,35)36-20-5-3-19(4-6-20)31(11-9-26)12-10-27/h2-8,15-16,24,33H,1,9-14,17,28-29H2. The van der Waals surface area contributed by atoms with Gasteiger partial charge in [0, 0.05) is 36.1 Å². The molecule has 38 heavy (non-hydrogen) atoms. The molecule has 206 valence electrons. The maximum absolute atomic E-state index is 13.6. The number of hydrazine groups is 1. The Hall–Kier alpha value is -2.54. The highest BCUT2D eigenvalue weighted by molar-refractivity contribution is 7.87. The van der Waals surface area contributed by atoms with Crippen molar-refractivity contribution in [2.24, 2.45) is 10.8 Å². The Kier molecular flexibility index (Phi) is 11.1. The number of thiophene rings is 1. The van der Waals surface area contributed by atoms with E-state index in [0.717, 1.165) is 5.69 Å². The molecule has 1 heterocycles. The molecule has 3 aromatic rings. The van der Waals surface area contributed by atoms with Gasteiger partial charge in [-0.25, -0.2) is 5.84 Å². The minimum Gasteiger partial charge on any atom is -0.394 e. The number of nitrogen functional groups attached to an aromatic ring is 1. The van der Waals surface area contributed by atoms with Crippen LogP contribution in [0.3, 0.4) is 0 Å². The summed E-state index contributed by atoms with van der Waals surface area (Å²) in [5, 5.41) is 11.7. The highest BCUT2D eigenvalue weighted by atomic mass is 35.5. The first-order chi connectivity index (χ1) is 18.2. The summed E-state index contributed by atoms with van der Waals surface area (Å²) in [6, 6.07) is 13.6. The van der Waals surface area contributed by atoms with Crippen LogP contribution in [0.2, 0.25) is 0 Å². The summed E-state index contributed by atoms with van der Waals surface area (Å²) in [6.45, 7) is 4.77. The van der Waals surface area contributed by atoms with Crippen LogP contribution in [0.5, 0.6) is 5.75 Å². The highest BCUT2D eigenvalue weighted by Crippen LogP contribution is 2.37. The second kappa shape index (κ2) is 14.0. The molecule has 0 amide bonds. The lowest BCUT2D eigenvalue weighted by atomic mass is 10.0. The molecule has 9 nitrogen and oxygen atoms in total. The van der Waals surface area contributed by atoms with Gasteiger partial charge in [-0.3, -0.25) is 4.99 Å². The van der Waals surface area contributed by atoms with Gasteiger partial charge in [0.15, 0.2) is 0 Å². The molecule has 0 aliphatic carbocycles. The molecular formula is C25H31Cl2N5O4S2. The molecule has 1 aromatic heterocycles. The van der Waals surface area contributed by atoms with Crippen LogP contribution in [0, 0.1) is 0 Å². The van der Waals surface area contributed by atoms with Gasteiger partial charge >= 0.3 is 10.1 Å². The Balaban J connectivity index is 1.92. The van der Waals surface area contributed by atoms with Crippen LogP contribution >= 0.6 is 34.5 Å². The topological polar surface area (TPSA) is 134 Å². The predicted octanol–water partition coefficient (Wildman–Crippen LogP) is 4.31. The number of nitrogens with zero attached hydrogens (tertiary/aromatic N) is 3. The van der Waals surface area contributed by atoms with E-state index in [-0.39, 0.29) is 25.3 Å². The van der Waals surface area contributed by atoms with Crippen molar-refractivity contribution < 1.29 is 17.7 Å². The highest BCUT2D eigenvalue weighted by Gasteiger charge is 2.32. The van der Waals surface area contributed by atoms with E-state index >= 15 is 0 Å². The molecule has 0 aliphatic heterocycles. The van der Waals surface area contributed by atoms with Gasteiger partial charge in [0.25, 0.3) is 0 Å². The third kappa shape index (κ3) is 7.52. The number of alkyl halides is 2. The maximum atomic E-state index is 13.6. The van der Waals surface area contributed by atoms with Gasteiger partial charge in [0.1, 0.15) is 11.0 Å². The van der Waals surface area contributed by atoms with Crippen LogP contribution in [0.1, 0.15) is 16.4 Å². The van der Waals surface area contributed by atoms with Crippen LogP contribution in [-0.4, -0.2) is 58.2 Å². The van der Waals surface area contributed by atoms with Crippen LogP contribution in [0.25, 0.3) is 0 Å². The molecule has 5 N–H and O–H groups in total. The summed E-state index contributed by atoms with van der Waals surface area (Å²) in [5.41, 5.74) is 9.14. The Morgan fingerprint density at radius 1 is 1.08 bits per heavy atom. The van der Waals surface area contributed by atoms with Gasteiger partial charge in [0.05, 0.1) is 29.5 Å². The molecule has 1 unspecified atom stereocenters. The molecule has 0 bridgehead atoms. The van der Waals surface area contributed by atoms with Crippen molar-refractivity contribution in [3.05, 3.63) is 65.0 Å². The zero-order valence-electron chi connectivity index (χ0n) is 20.7. The number of halogens is 2. The smallest absolute Gasteiger partial charge is 0.316 e. The van der Waals surface area contributed by atoms with E-state index in [1.807, 2.05) is 4.90 Å².